The highest BCUT2D eigenvalue weighted by Gasteiger charge is 2.09. The summed E-state index contributed by atoms with van der Waals surface area (Å²) in [6.07, 6.45) is 1.91. The standard InChI is InChI=1S/C19H18BrClN4S/c1-12-3-8-16(9-13(12)2)22-19(26)23-18-17(20)11-25(24-18)10-14-4-6-15(21)7-5-14/h3-9,11H,10H2,1-2H3,(H2,22,23,24,26). The highest BCUT2D eigenvalue weighted by Crippen LogP contribution is 2.22. The normalized spacial score (nSPS) is 10.6. The first-order valence-corrected chi connectivity index (χ1v) is 9.61. The zero-order valence-electron chi connectivity index (χ0n) is 14.4. The van der Waals surface area contributed by atoms with Crippen LogP contribution in [0.2, 0.25) is 5.02 Å². The van der Waals surface area contributed by atoms with E-state index in [0.717, 1.165) is 20.7 Å². The number of hydrogen-bond acceptors (Lipinski definition) is 2. The van der Waals surface area contributed by atoms with Crippen LogP contribution in [0.1, 0.15) is 16.7 Å². The van der Waals surface area contributed by atoms with Gasteiger partial charge in [-0.2, -0.15) is 5.10 Å². The van der Waals surface area contributed by atoms with E-state index in [0.29, 0.717) is 17.5 Å². The largest absolute Gasteiger partial charge is 0.332 e. The van der Waals surface area contributed by atoms with Gasteiger partial charge in [-0.3, -0.25) is 4.68 Å². The lowest BCUT2D eigenvalue weighted by Gasteiger charge is -2.10. The fraction of sp³-hybridized carbons (Fsp3) is 0.158. The molecule has 4 nitrogen and oxygen atoms in total. The molecule has 0 unspecified atom stereocenters. The second-order valence-electron chi connectivity index (χ2n) is 6.03. The summed E-state index contributed by atoms with van der Waals surface area (Å²) in [6, 6.07) is 13.8. The Hall–Kier alpha value is -1.89. The molecule has 0 saturated carbocycles. The summed E-state index contributed by atoms with van der Waals surface area (Å²) in [6.45, 7) is 4.81. The third-order valence-corrected chi connectivity index (χ3v) is 5.01. The lowest BCUT2D eigenvalue weighted by atomic mass is 10.1. The van der Waals surface area contributed by atoms with Crippen LogP contribution in [0.5, 0.6) is 0 Å². The molecule has 3 rings (SSSR count). The van der Waals surface area contributed by atoms with E-state index >= 15 is 0 Å². The van der Waals surface area contributed by atoms with Gasteiger partial charge in [0.05, 0.1) is 11.0 Å². The lowest BCUT2D eigenvalue weighted by Crippen LogP contribution is -2.20. The second kappa shape index (κ2) is 8.20. The van der Waals surface area contributed by atoms with Gasteiger partial charge in [0, 0.05) is 16.9 Å². The van der Waals surface area contributed by atoms with Gasteiger partial charge in [-0.05, 0) is 83.0 Å². The molecular weight excluding hydrogens is 432 g/mol. The van der Waals surface area contributed by atoms with E-state index in [1.807, 2.05) is 41.2 Å². The van der Waals surface area contributed by atoms with Crippen molar-refractivity contribution in [1.82, 2.24) is 9.78 Å². The molecular formula is C19H18BrClN4S. The van der Waals surface area contributed by atoms with Crippen LogP contribution in [0.4, 0.5) is 11.5 Å². The third-order valence-electron chi connectivity index (χ3n) is 3.97. The van der Waals surface area contributed by atoms with Crippen LogP contribution >= 0.6 is 39.7 Å². The maximum atomic E-state index is 5.92. The number of anilines is 2. The maximum Gasteiger partial charge on any atom is 0.176 e. The summed E-state index contributed by atoms with van der Waals surface area (Å²) in [4.78, 5) is 0. The molecule has 3 aromatic rings. The Morgan fingerprint density at radius 1 is 1.12 bits per heavy atom. The highest BCUT2D eigenvalue weighted by atomic mass is 79.9. The molecule has 1 heterocycles. The number of benzene rings is 2. The minimum absolute atomic E-state index is 0.491. The second-order valence-corrected chi connectivity index (χ2v) is 7.73. The SMILES string of the molecule is Cc1ccc(NC(=S)Nc2nn(Cc3ccc(Cl)cc3)cc2Br)cc1C. The average Bonchev–Trinajstić information content (AvgIpc) is 2.92. The van der Waals surface area contributed by atoms with Crippen molar-refractivity contribution in [3.8, 4) is 0 Å². The molecule has 0 saturated heterocycles. The van der Waals surface area contributed by atoms with E-state index in [4.69, 9.17) is 23.8 Å². The van der Waals surface area contributed by atoms with Gasteiger partial charge < -0.3 is 10.6 Å². The first-order chi connectivity index (χ1) is 12.4. The van der Waals surface area contributed by atoms with Crippen molar-refractivity contribution in [3.05, 3.63) is 74.8 Å². The fourth-order valence-electron chi connectivity index (χ4n) is 2.43. The van der Waals surface area contributed by atoms with Crippen molar-refractivity contribution >= 4 is 56.4 Å². The van der Waals surface area contributed by atoms with E-state index in [1.165, 1.54) is 11.1 Å². The zero-order valence-corrected chi connectivity index (χ0v) is 17.5. The van der Waals surface area contributed by atoms with Crippen LogP contribution in [-0.4, -0.2) is 14.9 Å². The number of aryl methyl sites for hydroxylation is 2. The molecule has 0 amide bonds. The van der Waals surface area contributed by atoms with Gasteiger partial charge in [0.1, 0.15) is 0 Å². The number of rotatable bonds is 4. The molecule has 0 aliphatic carbocycles. The topological polar surface area (TPSA) is 41.9 Å². The number of hydrogen-bond donors (Lipinski definition) is 2. The Morgan fingerprint density at radius 3 is 2.54 bits per heavy atom. The van der Waals surface area contributed by atoms with Crippen LogP contribution < -0.4 is 10.6 Å². The van der Waals surface area contributed by atoms with Crippen molar-refractivity contribution in [2.45, 2.75) is 20.4 Å². The summed E-state index contributed by atoms with van der Waals surface area (Å²) in [5.74, 6) is 0.667. The number of nitrogens with one attached hydrogen (secondary N) is 2. The minimum Gasteiger partial charge on any atom is -0.332 e. The monoisotopic (exact) mass is 448 g/mol. The summed E-state index contributed by atoms with van der Waals surface area (Å²) in [5.41, 5.74) is 4.53. The number of thiocarbonyl (C=S) groups is 1. The number of aromatic nitrogens is 2. The molecule has 0 fully saturated rings. The van der Waals surface area contributed by atoms with E-state index in [9.17, 15) is 0 Å². The first-order valence-electron chi connectivity index (χ1n) is 8.03. The molecule has 26 heavy (non-hydrogen) atoms. The summed E-state index contributed by atoms with van der Waals surface area (Å²) < 4.78 is 2.68. The van der Waals surface area contributed by atoms with E-state index in [1.54, 1.807) is 0 Å². The maximum absolute atomic E-state index is 5.92. The number of nitrogens with zero attached hydrogens (tertiary/aromatic N) is 2. The highest BCUT2D eigenvalue weighted by molar-refractivity contribution is 9.10. The molecule has 1 aromatic heterocycles. The number of halogens is 2. The molecule has 0 bridgehead atoms. The molecule has 134 valence electrons. The molecule has 7 heteroatoms. The van der Waals surface area contributed by atoms with Crippen LogP contribution in [0, 0.1) is 13.8 Å². The van der Waals surface area contributed by atoms with Crippen molar-refractivity contribution in [3.63, 3.8) is 0 Å². The average molecular weight is 450 g/mol. The predicted molar refractivity (Wildman–Crippen MR) is 116 cm³/mol. The summed E-state index contributed by atoms with van der Waals surface area (Å²) in [5, 5.41) is 12.1. The van der Waals surface area contributed by atoms with Gasteiger partial charge in [0.15, 0.2) is 10.9 Å². The Morgan fingerprint density at radius 2 is 1.85 bits per heavy atom. The Bertz CT molecular complexity index is 937. The summed E-state index contributed by atoms with van der Waals surface area (Å²) in [7, 11) is 0. The van der Waals surface area contributed by atoms with Crippen molar-refractivity contribution in [1.29, 1.82) is 0 Å². The summed E-state index contributed by atoms with van der Waals surface area (Å²) >= 11 is 14.8. The van der Waals surface area contributed by atoms with Crippen LogP contribution in [0.25, 0.3) is 0 Å². The Kier molecular flexibility index (Phi) is 5.96. The van der Waals surface area contributed by atoms with Crippen molar-refractivity contribution in [2.75, 3.05) is 10.6 Å². The van der Waals surface area contributed by atoms with Gasteiger partial charge >= 0.3 is 0 Å². The van der Waals surface area contributed by atoms with Gasteiger partial charge in [-0.1, -0.05) is 29.8 Å². The van der Waals surface area contributed by atoms with Gasteiger partial charge in [-0.25, -0.2) is 0 Å². The molecule has 0 atom stereocenters. The van der Waals surface area contributed by atoms with Crippen LogP contribution in [0.3, 0.4) is 0 Å². The Labute approximate surface area is 171 Å². The zero-order chi connectivity index (χ0) is 18.7. The van der Waals surface area contributed by atoms with E-state index < -0.39 is 0 Å². The van der Waals surface area contributed by atoms with Gasteiger partial charge in [0.25, 0.3) is 0 Å². The van der Waals surface area contributed by atoms with E-state index in [-0.39, 0.29) is 0 Å². The van der Waals surface area contributed by atoms with Crippen molar-refractivity contribution in [2.24, 2.45) is 0 Å². The molecule has 2 N–H and O–H groups in total. The molecule has 2 aromatic carbocycles. The lowest BCUT2D eigenvalue weighted by molar-refractivity contribution is 0.689. The molecule has 0 aliphatic heterocycles. The Balaban J connectivity index is 1.65. The quantitative estimate of drug-likeness (QED) is 0.496. The molecule has 0 aliphatic rings. The predicted octanol–water partition coefficient (Wildman–Crippen LogP) is 5.77. The van der Waals surface area contributed by atoms with Gasteiger partial charge in [-0.15, -0.1) is 0 Å². The van der Waals surface area contributed by atoms with Crippen molar-refractivity contribution < 1.29 is 0 Å². The first kappa shape index (κ1) is 18.9. The minimum atomic E-state index is 0.491. The molecule has 0 spiro atoms. The van der Waals surface area contributed by atoms with Crippen LogP contribution in [-0.2, 0) is 6.54 Å². The van der Waals surface area contributed by atoms with Crippen LogP contribution in [0.15, 0.2) is 53.1 Å². The smallest absolute Gasteiger partial charge is 0.176 e. The van der Waals surface area contributed by atoms with Gasteiger partial charge in [0.2, 0.25) is 0 Å². The third kappa shape index (κ3) is 4.84. The fourth-order valence-corrected chi connectivity index (χ4v) is 3.18. The molecule has 0 radical (unpaired) electrons. The van der Waals surface area contributed by atoms with E-state index in [2.05, 4.69) is 57.6 Å².